The van der Waals surface area contributed by atoms with Crippen molar-refractivity contribution in [3.63, 3.8) is 0 Å². The van der Waals surface area contributed by atoms with Crippen molar-refractivity contribution >= 4 is 41.3 Å². The molecule has 0 bridgehead atoms. The van der Waals surface area contributed by atoms with Crippen molar-refractivity contribution in [1.82, 2.24) is 20.5 Å². The molecule has 5 nitrogen and oxygen atoms in total. The average Bonchev–Trinajstić information content (AvgIpc) is 3.19. The number of aliphatic imine (C=N–C) groups is 1. The fraction of sp³-hybridized carbons (Fsp3) is 0.524. The van der Waals surface area contributed by atoms with E-state index >= 15 is 0 Å². The van der Waals surface area contributed by atoms with Gasteiger partial charge in [-0.3, -0.25) is 4.90 Å². The Morgan fingerprint density at radius 3 is 2.58 bits per heavy atom. The second-order valence-corrected chi connectivity index (χ2v) is 8.38. The highest BCUT2D eigenvalue weighted by Crippen LogP contribution is 2.30. The van der Waals surface area contributed by atoms with Gasteiger partial charge in [0.05, 0.1) is 6.54 Å². The molecule has 172 valence electrons. The van der Waals surface area contributed by atoms with Crippen LogP contribution in [-0.2, 0) is 19.3 Å². The molecule has 3 rings (SSSR count). The van der Waals surface area contributed by atoms with Crippen LogP contribution in [-0.4, -0.2) is 41.5 Å². The number of hydrogen-bond donors (Lipinski definition) is 2. The molecule has 0 radical (unpaired) electrons. The van der Waals surface area contributed by atoms with E-state index in [0.29, 0.717) is 17.5 Å². The van der Waals surface area contributed by atoms with Gasteiger partial charge >= 0.3 is 6.18 Å². The van der Waals surface area contributed by atoms with E-state index < -0.39 is 11.9 Å². The first-order valence-corrected chi connectivity index (χ1v) is 11.1. The second kappa shape index (κ2) is 12.0. The molecule has 1 fully saturated rings. The zero-order valence-corrected chi connectivity index (χ0v) is 20.9. The summed E-state index contributed by atoms with van der Waals surface area (Å²) in [5.41, 5.74) is 1.83. The van der Waals surface area contributed by atoms with Gasteiger partial charge in [-0.25, -0.2) is 9.98 Å². The number of benzene rings is 1. The van der Waals surface area contributed by atoms with Crippen molar-refractivity contribution in [1.29, 1.82) is 0 Å². The summed E-state index contributed by atoms with van der Waals surface area (Å²) in [6.45, 7) is 7.86. The standard InChI is InChI=1S/C21H28F3N5S.HI/c1-3-25-20(26-12-19-28-18(14-30-19)21(22,23)24)27-17-8-10-29(11-9-17)13-16-7-5-4-6-15(16)2;/h4-7,14,17H,3,8-13H2,1-2H3,(H2,25,26,27);1H. The molecule has 1 aliphatic heterocycles. The first-order chi connectivity index (χ1) is 14.3. The average molecular weight is 567 g/mol. The minimum atomic E-state index is -4.41. The minimum absolute atomic E-state index is 0. The van der Waals surface area contributed by atoms with Crippen molar-refractivity contribution in [3.8, 4) is 0 Å². The van der Waals surface area contributed by atoms with Crippen LogP contribution in [0.3, 0.4) is 0 Å². The molecule has 0 spiro atoms. The highest BCUT2D eigenvalue weighted by Gasteiger charge is 2.33. The van der Waals surface area contributed by atoms with Gasteiger partial charge in [0.15, 0.2) is 11.7 Å². The quantitative estimate of drug-likeness (QED) is 0.299. The van der Waals surface area contributed by atoms with Crippen LogP contribution in [0.4, 0.5) is 13.2 Å². The predicted octanol–water partition coefficient (Wildman–Crippen LogP) is 4.81. The molecule has 2 aromatic rings. The Bertz CT molecular complexity index is 848. The van der Waals surface area contributed by atoms with E-state index in [-0.39, 0.29) is 36.6 Å². The third-order valence-corrected chi connectivity index (χ3v) is 5.98. The summed E-state index contributed by atoms with van der Waals surface area (Å²) in [6.07, 6.45) is -2.43. The number of thiazole rings is 1. The molecule has 31 heavy (non-hydrogen) atoms. The molecule has 0 amide bonds. The molecule has 1 saturated heterocycles. The highest BCUT2D eigenvalue weighted by atomic mass is 127. The summed E-state index contributed by atoms with van der Waals surface area (Å²) in [5.74, 6) is 0.624. The molecule has 10 heteroatoms. The van der Waals surface area contributed by atoms with E-state index in [9.17, 15) is 13.2 Å². The van der Waals surface area contributed by atoms with Gasteiger partial charge in [0, 0.05) is 37.6 Å². The zero-order chi connectivity index (χ0) is 21.6. The Labute approximate surface area is 202 Å². The van der Waals surface area contributed by atoms with Crippen LogP contribution in [0.1, 0.15) is 41.6 Å². The number of likely N-dealkylation sites (tertiary alicyclic amines) is 1. The highest BCUT2D eigenvalue weighted by molar-refractivity contribution is 14.0. The number of aryl methyl sites for hydroxylation is 1. The molecule has 1 aromatic heterocycles. The van der Waals surface area contributed by atoms with E-state index in [0.717, 1.165) is 49.2 Å². The van der Waals surface area contributed by atoms with Gasteiger partial charge < -0.3 is 10.6 Å². The Kier molecular flexibility index (Phi) is 10.0. The number of aromatic nitrogens is 1. The summed E-state index contributed by atoms with van der Waals surface area (Å²) in [5, 5.41) is 7.99. The fourth-order valence-corrected chi connectivity index (χ4v) is 4.16. The zero-order valence-electron chi connectivity index (χ0n) is 17.7. The maximum Gasteiger partial charge on any atom is 0.434 e. The van der Waals surface area contributed by atoms with E-state index in [1.54, 1.807) is 0 Å². The number of alkyl halides is 3. The molecule has 1 aliphatic rings. The van der Waals surface area contributed by atoms with Gasteiger partial charge in [0.1, 0.15) is 5.01 Å². The lowest BCUT2D eigenvalue weighted by atomic mass is 10.0. The van der Waals surface area contributed by atoms with Crippen molar-refractivity contribution in [2.45, 2.75) is 52.0 Å². The van der Waals surface area contributed by atoms with E-state index in [4.69, 9.17) is 0 Å². The van der Waals surface area contributed by atoms with E-state index in [1.165, 1.54) is 11.1 Å². The van der Waals surface area contributed by atoms with Gasteiger partial charge in [-0.15, -0.1) is 35.3 Å². The predicted molar refractivity (Wildman–Crippen MR) is 130 cm³/mol. The topological polar surface area (TPSA) is 52.6 Å². The lowest BCUT2D eigenvalue weighted by Gasteiger charge is -2.33. The number of halogens is 4. The molecule has 0 saturated carbocycles. The van der Waals surface area contributed by atoms with Crippen molar-refractivity contribution in [2.75, 3.05) is 19.6 Å². The Morgan fingerprint density at radius 1 is 1.26 bits per heavy atom. The lowest BCUT2D eigenvalue weighted by Crippen LogP contribution is -2.48. The number of nitrogens with one attached hydrogen (secondary N) is 2. The van der Waals surface area contributed by atoms with Gasteiger partial charge in [-0.2, -0.15) is 13.2 Å². The molecular formula is C21H29F3IN5S. The first kappa shape index (κ1) is 25.9. The third kappa shape index (κ3) is 7.90. The lowest BCUT2D eigenvalue weighted by molar-refractivity contribution is -0.140. The molecule has 2 N–H and O–H groups in total. The molecular weight excluding hydrogens is 538 g/mol. The summed E-state index contributed by atoms with van der Waals surface area (Å²) < 4.78 is 38.1. The molecule has 2 heterocycles. The van der Waals surface area contributed by atoms with Crippen molar-refractivity contribution in [3.05, 3.63) is 51.5 Å². The van der Waals surface area contributed by atoms with Gasteiger partial charge in [-0.05, 0) is 37.8 Å². The Balaban J connectivity index is 0.00000341. The van der Waals surface area contributed by atoms with Crippen LogP contribution >= 0.6 is 35.3 Å². The normalized spacial score (nSPS) is 16.1. The Morgan fingerprint density at radius 2 is 1.97 bits per heavy atom. The largest absolute Gasteiger partial charge is 0.434 e. The summed E-state index contributed by atoms with van der Waals surface area (Å²) in [4.78, 5) is 10.5. The summed E-state index contributed by atoms with van der Waals surface area (Å²) in [6, 6.07) is 8.75. The Hall–Kier alpha value is -1.40. The summed E-state index contributed by atoms with van der Waals surface area (Å²) in [7, 11) is 0. The van der Waals surface area contributed by atoms with E-state index in [2.05, 4.69) is 56.7 Å². The molecule has 0 atom stereocenters. The van der Waals surface area contributed by atoms with Crippen molar-refractivity contribution in [2.24, 2.45) is 4.99 Å². The van der Waals surface area contributed by atoms with Crippen LogP contribution in [0.2, 0.25) is 0 Å². The van der Waals surface area contributed by atoms with E-state index in [1.807, 2.05) is 6.92 Å². The maximum absolute atomic E-state index is 12.7. The summed E-state index contributed by atoms with van der Waals surface area (Å²) >= 11 is 0.984. The number of piperidine rings is 1. The van der Waals surface area contributed by atoms with Crippen LogP contribution < -0.4 is 10.6 Å². The minimum Gasteiger partial charge on any atom is -0.357 e. The smallest absolute Gasteiger partial charge is 0.357 e. The van der Waals surface area contributed by atoms with Crippen LogP contribution in [0.5, 0.6) is 0 Å². The number of hydrogen-bond acceptors (Lipinski definition) is 4. The van der Waals surface area contributed by atoms with Crippen molar-refractivity contribution < 1.29 is 13.2 Å². The third-order valence-electron chi connectivity index (χ3n) is 5.14. The van der Waals surface area contributed by atoms with Crippen LogP contribution in [0.15, 0.2) is 34.6 Å². The first-order valence-electron chi connectivity index (χ1n) is 10.2. The van der Waals surface area contributed by atoms with Gasteiger partial charge in [0.25, 0.3) is 0 Å². The number of rotatable bonds is 6. The number of guanidine groups is 1. The SMILES string of the molecule is CCNC(=NCc1nc(C(F)(F)F)cs1)NC1CCN(Cc2ccccc2C)CC1.I. The van der Waals surface area contributed by atoms with Crippen LogP contribution in [0, 0.1) is 6.92 Å². The van der Waals surface area contributed by atoms with Gasteiger partial charge in [0.2, 0.25) is 0 Å². The maximum atomic E-state index is 12.7. The fourth-order valence-electron chi connectivity index (χ4n) is 3.44. The number of nitrogens with zero attached hydrogens (tertiary/aromatic N) is 3. The second-order valence-electron chi connectivity index (χ2n) is 7.44. The monoisotopic (exact) mass is 567 g/mol. The molecule has 1 aromatic carbocycles. The molecule has 0 unspecified atom stereocenters. The van der Waals surface area contributed by atoms with Gasteiger partial charge in [-0.1, -0.05) is 24.3 Å². The van der Waals surface area contributed by atoms with Crippen LogP contribution in [0.25, 0.3) is 0 Å². The molecule has 0 aliphatic carbocycles.